The van der Waals surface area contributed by atoms with Crippen molar-refractivity contribution in [1.82, 2.24) is 0 Å². The van der Waals surface area contributed by atoms with E-state index in [1.807, 2.05) is 0 Å². The Morgan fingerprint density at radius 2 is 0.727 bits per heavy atom. The fourth-order valence-corrected chi connectivity index (χ4v) is 0. The minimum Gasteiger partial charge on any atom is -0.330 e. The molecule has 0 bridgehead atoms. The normalized spacial score (nSPS) is 7.09. The highest BCUT2D eigenvalue weighted by atomic mass is 14.6. The van der Waals surface area contributed by atoms with Crippen molar-refractivity contribution in [3.8, 4) is 0 Å². The highest BCUT2D eigenvalue weighted by molar-refractivity contribution is 4.26. The second-order valence-corrected chi connectivity index (χ2v) is 1.44. The molecule has 0 aliphatic heterocycles. The van der Waals surface area contributed by atoms with E-state index in [0.29, 0.717) is 32.7 Å². The van der Waals surface area contributed by atoms with E-state index < -0.39 is 0 Å². The molecule has 0 amide bonds. The van der Waals surface area contributed by atoms with Crippen LogP contribution in [0.5, 0.6) is 0 Å². The molecule has 0 aromatic heterocycles. The number of rotatable bonds is 2. The van der Waals surface area contributed by atoms with Crippen LogP contribution < -0.4 is 28.7 Å². The maximum atomic E-state index is 4.90. The molecule has 0 aromatic carbocycles. The van der Waals surface area contributed by atoms with Gasteiger partial charge in [0.2, 0.25) is 0 Å². The molecular formula is C6H22N5. The minimum absolute atomic E-state index is 0.500. The SMILES string of the molecule is NCCN.NCCN.[CH2]CN. The van der Waals surface area contributed by atoms with Crippen LogP contribution in [0, 0.1) is 6.92 Å². The molecule has 1 radical (unpaired) electrons. The molecule has 10 N–H and O–H groups in total. The lowest BCUT2D eigenvalue weighted by Gasteiger charge is -1.72. The van der Waals surface area contributed by atoms with Gasteiger partial charge in [-0.15, -0.1) is 0 Å². The maximum absolute atomic E-state index is 4.90. The van der Waals surface area contributed by atoms with Crippen molar-refractivity contribution in [2.24, 2.45) is 28.7 Å². The molecule has 0 saturated heterocycles. The maximum Gasteiger partial charge on any atom is 0.00461 e. The first kappa shape index (κ1) is 17.0. The van der Waals surface area contributed by atoms with Crippen LogP contribution in [-0.2, 0) is 0 Å². The van der Waals surface area contributed by atoms with Crippen molar-refractivity contribution in [2.45, 2.75) is 0 Å². The van der Waals surface area contributed by atoms with Gasteiger partial charge in [0, 0.05) is 26.2 Å². The van der Waals surface area contributed by atoms with Gasteiger partial charge >= 0.3 is 0 Å². The van der Waals surface area contributed by atoms with Crippen LogP contribution >= 0.6 is 0 Å². The van der Waals surface area contributed by atoms with Crippen molar-refractivity contribution in [3.63, 3.8) is 0 Å². The summed E-state index contributed by atoms with van der Waals surface area (Å²) in [4.78, 5) is 0. The molecule has 0 saturated carbocycles. The molecule has 0 heterocycles. The van der Waals surface area contributed by atoms with Gasteiger partial charge in [-0.25, -0.2) is 0 Å². The standard InChI is InChI=1S/2C2H8N2.C2H6N/c2*3-1-2-4;1-2-3/h2*1-4H2;1-3H2. The Morgan fingerprint density at radius 3 is 0.727 bits per heavy atom. The Morgan fingerprint density at radius 1 is 0.636 bits per heavy atom. The van der Waals surface area contributed by atoms with Crippen molar-refractivity contribution in [2.75, 3.05) is 32.7 Å². The monoisotopic (exact) mass is 164 g/mol. The van der Waals surface area contributed by atoms with Crippen LogP contribution in [0.4, 0.5) is 0 Å². The Bertz CT molecular complexity index is 26.2. The van der Waals surface area contributed by atoms with Gasteiger partial charge in [0.1, 0.15) is 0 Å². The van der Waals surface area contributed by atoms with Crippen LogP contribution in [0.3, 0.4) is 0 Å². The van der Waals surface area contributed by atoms with Gasteiger partial charge in [0.05, 0.1) is 0 Å². The highest BCUT2D eigenvalue weighted by Crippen LogP contribution is 1.24. The second-order valence-electron chi connectivity index (χ2n) is 1.44. The molecule has 5 heteroatoms. The van der Waals surface area contributed by atoms with Gasteiger partial charge in [0.15, 0.2) is 0 Å². The van der Waals surface area contributed by atoms with Crippen LogP contribution in [0.15, 0.2) is 0 Å². The molecule has 5 nitrogen and oxygen atoms in total. The topological polar surface area (TPSA) is 130 Å². The minimum atomic E-state index is 0.500. The van der Waals surface area contributed by atoms with Gasteiger partial charge < -0.3 is 28.7 Å². The zero-order valence-corrected chi connectivity index (χ0v) is 7.13. The molecule has 0 rings (SSSR count). The molecule has 71 valence electrons. The lowest BCUT2D eigenvalue weighted by atomic mass is 10.7. The molecular weight excluding hydrogens is 142 g/mol. The van der Waals surface area contributed by atoms with Gasteiger partial charge in [0.25, 0.3) is 0 Å². The molecule has 0 atom stereocenters. The van der Waals surface area contributed by atoms with Crippen LogP contribution in [-0.4, -0.2) is 32.7 Å². The van der Waals surface area contributed by atoms with Crippen LogP contribution in [0.25, 0.3) is 0 Å². The first-order valence-electron chi connectivity index (χ1n) is 3.54. The van der Waals surface area contributed by atoms with E-state index in [4.69, 9.17) is 28.7 Å². The Hall–Kier alpha value is -0.200. The molecule has 0 aliphatic rings. The summed E-state index contributed by atoms with van der Waals surface area (Å²) in [5.74, 6) is 0. The number of nitrogens with two attached hydrogens (primary N) is 5. The molecule has 0 fully saturated rings. The van der Waals surface area contributed by atoms with E-state index in [0.717, 1.165) is 0 Å². The van der Waals surface area contributed by atoms with E-state index in [9.17, 15) is 0 Å². The number of hydrogen-bond donors (Lipinski definition) is 5. The predicted molar refractivity (Wildman–Crippen MR) is 50.6 cm³/mol. The van der Waals surface area contributed by atoms with Crippen molar-refractivity contribution in [3.05, 3.63) is 6.92 Å². The van der Waals surface area contributed by atoms with Gasteiger partial charge in [-0.1, -0.05) is 0 Å². The third-order valence-electron chi connectivity index (χ3n) is 0.333. The van der Waals surface area contributed by atoms with E-state index in [1.54, 1.807) is 0 Å². The van der Waals surface area contributed by atoms with E-state index in [-0.39, 0.29) is 0 Å². The lowest BCUT2D eigenvalue weighted by molar-refractivity contribution is 0.976. The third kappa shape index (κ3) is 184. The Labute approximate surface area is 69.3 Å². The van der Waals surface area contributed by atoms with Gasteiger partial charge in [-0.3, -0.25) is 0 Å². The fourth-order valence-electron chi connectivity index (χ4n) is 0. The van der Waals surface area contributed by atoms with Gasteiger partial charge in [-0.2, -0.15) is 0 Å². The van der Waals surface area contributed by atoms with E-state index in [2.05, 4.69) is 6.92 Å². The molecule has 0 aliphatic carbocycles. The highest BCUT2D eigenvalue weighted by Gasteiger charge is 1.54. The van der Waals surface area contributed by atoms with E-state index in [1.165, 1.54) is 0 Å². The van der Waals surface area contributed by atoms with E-state index >= 15 is 0 Å². The third-order valence-corrected chi connectivity index (χ3v) is 0.333. The first-order chi connectivity index (χ1) is 5.24. The first-order valence-corrected chi connectivity index (χ1v) is 3.54. The predicted octanol–water partition coefficient (Wildman–Crippen LogP) is -2.41. The second kappa shape index (κ2) is 32.9. The summed E-state index contributed by atoms with van der Waals surface area (Å²) in [6.07, 6.45) is 0. The summed E-state index contributed by atoms with van der Waals surface area (Å²) < 4.78 is 0. The van der Waals surface area contributed by atoms with Crippen LogP contribution in [0.1, 0.15) is 0 Å². The average Bonchev–Trinajstić information content (AvgIpc) is 2.06. The zero-order chi connectivity index (χ0) is 9.54. The zero-order valence-electron chi connectivity index (χ0n) is 7.13. The lowest BCUT2D eigenvalue weighted by Crippen LogP contribution is -2.11. The quantitative estimate of drug-likeness (QED) is 0.310. The summed E-state index contributed by atoms with van der Waals surface area (Å²) in [6.45, 7) is 6.15. The van der Waals surface area contributed by atoms with Crippen LogP contribution in [0.2, 0.25) is 0 Å². The molecule has 0 unspecified atom stereocenters. The summed E-state index contributed by atoms with van der Waals surface area (Å²) in [5, 5.41) is 0. The summed E-state index contributed by atoms with van der Waals surface area (Å²) >= 11 is 0. The van der Waals surface area contributed by atoms with Crippen molar-refractivity contribution < 1.29 is 0 Å². The largest absolute Gasteiger partial charge is 0.330 e. The van der Waals surface area contributed by atoms with Gasteiger partial charge in [-0.05, 0) is 13.5 Å². The average molecular weight is 164 g/mol. The summed E-state index contributed by atoms with van der Waals surface area (Å²) in [5.41, 5.74) is 24.3. The van der Waals surface area contributed by atoms with Crippen molar-refractivity contribution >= 4 is 0 Å². The fraction of sp³-hybridized carbons (Fsp3) is 0.833. The molecule has 0 aromatic rings. The Kier molecular flexibility index (Phi) is 51.1. The smallest absolute Gasteiger partial charge is 0.00461 e. The summed E-state index contributed by atoms with van der Waals surface area (Å²) in [7, 11) is 0. The summed E-state index contributed by atoms with van der Waals surface area (Å²) in [6, 6.07) is 0. The number of hydrogen-bond acceptors (Lipinski definition) is 5. The Balaban J connectivity index is -0.0000000886. The van der Waals surface area contributed by atoms with Crippen molar-refractivity contribution in [1.29, 1.82) is 0 Å². The molecule has 11 heavy (non-hydrogen) atoms. The molecule has 0 spiro atoms.